The minimum absolute atomic E-state index is 0.599. The molecule has 0 radical (unpaired) electrons. The van der Waals surface area contributed by atoms with Gasteiger partial charge >= 0.3 is 0 Å². The van der Waals surface area contributed by atoms with Crippen molar-refractivity contribution in [3.63, 3.8) is 0 Å². The zero-order valence-corrected chi connectivity index (χ0v) is 26.5. The van der Waals surface area contributed by atoms with Crippen molar-refractivity contribution in [1.82, 2.24) is 15.0 Å². The lowest BCUT2D eigenvalue weighted by Crippen LogP contribution is -2.00. The van der Waals surface area contributed by atoms with Gasteiger partial charge in [-0.15, -0.1) is 0 Å². The summed E-state index contributed by atoms with van der Waals surface area (Å²) >= 11 is 0. The molecule has 0 saturated heterocycles. The second-order valence-corrected chi connectivity index (χ2v) is 12.1. The average molecular weight is 628 g/mol. The Kier molecular flexibility index (Phi) is 7.10. The first-order valence-electron chi connectivity index (χ1n) is 16.4. The molecule has 4 heteroatoms. The fourth-order valence-corrected chi connectivity index (χ4v) is 6.45. The summed E-state index contributed by atoms with van der Waals surface area (Å²) in [5, 5.41) is 2.12. The molecule has 49 heavy (non-hydrogen) atoms. The van der Waals surface area contributed by atoms with E-state index in [-0.39, 0.29) is 0 Å². The largest absolute Gasteiger partial charge is 0.455 e. The maximum absolute atomic E-state index is 6.64. The van der Waals surface area contributed by atoms with Crippen LogP contribution in [0.3, 0.4) is 0 Å². The summed E-state index contributed by atoms with van der Waals surface area (Å²) < 4.78 is 6.64. The minimum Gasteiger partial charge on any atom is -0.455 e. The molecule has 0 atom stereocenters. The average Bonchev–Trinajstić information content (AvgIpc) is 3.57. The van der Waals surface area contributed by atoms with E-state index in [1.54, 1.807) is 0 Å². The van der Waals surface area contributed by atoms with Crippen LogP contribution in [0.15, 0.2) is 180 Å². The summed E-state index contributed by atoms with van der Waals surface area (Å²) in [5.74, 6) is 1.86. The van der Waals surface area contributed by atoms with Crippen LogP contribution in [0.4, 0.5) is 0 Å². The van der Waals surface area contributed by atoms with Crippen LogP contribution in [0, 0.1) is 0 Å². The number of hydrogen-bond donors (Lipinski definition) is 0. The van der Waals surface area contributed by atoms with E-state index in [0.717, 1.165) is 49.8 Å². The summed E-state index contributed by atoms with van der Waals surface area (Å²) in [7, 11) is 0. The number of nitrogens with zero attached hydrogens (tertiary/aromatic N) is 3. The highest BCUT2D eigenvalue weighted by molar-refractivity contribution is 6.10. The fourth-order valence-electron chi connectivity index (χ4n) is 6.45. The van der Waals surface area contributed by atoms with Gasteiger partial charge in [0.05, 0.1) is 0 Å². The second kappa shape index (κ2) is 12.2. The molecular weight excluding hydrogens is 599 g/mol. The quantitative estimate of drug-likeness (QED) is 0.184. The first kappa shape index (κ1) is 28.6. The minimum atomic E-state index is 0.599. The third-order valence-electron chi connectivity index (χ3n) is 8.96. The highest BCUT2D eigenvalue weighted by atomic mass is 16.3. The molecule has 4 nitrogen and oxygen atoms in total. The second-order valence-electron chi connectivity index (χ2n) is 12.1. The predicted octanol–water partition coefficient (Wildman–Crippen LogP) is 11.8. The van der Waals surface area contributed by atoms with Crippen molar-refractivity contribution in [1.29, 1.82) is 0 Å². The molecule has 9 rings (SSSR count). The lowest BCUT2D eigenvalue weighted by atomic mass is 9.96. The van der Waals surface area contributed by atoms with Gasteiger partial charge in [0, 0.05) is 33.0 Å². The van der Waals surface area contributed by atoms with Crippen molar-refractivity contribution < 1.29 is 4.42 Å². The zero-order chi connectivity index (χ0) is 32.6. The molecule has 2 aromatic heterocycles. The summed E-state index contributed by atoms with van der Waals surface area (Å²) in [4.78, 5) is 14.7. The van der Waals surface area contributed by atoms with E-state index in [1.807, 2.05) is 72.8 Å². The highest BCUT2D eigenvalue weighted by Crippen LogP contribution is 2.38. The molecule has 0 spiro atoms. The zero-order valence-electron chi connectivity index (χ0n) is 26.5. The molecule has 9 aromatic rings. The third-order valence-corrected chi connectivity index (χ3v) is 8.96. The Morgan fingerprint density at radius 2 is 0.776 bits per heavy atom. The number of hydrogen-bond acceptors (Lipinski definition) is 4. The van der Waals surface area contributed by atoms with Gasteiger partial charge in [-0.3, -0.25) is 0 Å². The first-order chi connectivity index (χ1) is 24.3. The maximum atomic E-state index is 6.64. The molecule has 0 aliphatic carbocycles. The van der Waals surface area contributed by atoms with Crippen molar-refractivity contribution in [2.75, 3.05) is 0 Å². The SMILES string of the molecule is c1ccc(-c2cccc(-c3ccc(-c4cccc5c4oc4cc(-c6nc(-c7ccccc7)nc(-c7ccccc7)n6)ccc45)cc3)c2)cc1. The van der Waals surface area contributed by atoms with Gasteiger partial charge in [0.2, 0.25) is 0 Å². The molecule has 0 aliphatic heterocycles. The number of fused-ring (bicyclic) bond motifs is 3. The lowest BCUT2D eigenvalue weighted by molar-refractivity contribution is 0.670. The van der Waals surface area contributed by atoms with E-state index in [4.69, 9.17) is 19.4 Å². The molecule has 0 fully saturated rings. The van der Waals surface area contributed by atoms with E-state index in [1.165, 1.54) is 22.3 Å². The molecule has 0 amide bonds. The van der Waals surface area contributed by atoms with Crippen LogP contribution in [0.1, 0.15) is 0 Å². The highest BCUT2D eigenvalue weighted by Gasteiger charge is 2.16. The molecule has 0 bridgehead atoms. The van der Waals surface area contributed by atoms with Gasteiger partial charge in [0.1, 0.15) is 11.2 Å². The first-order valence-corrected chi connectivity index (χ1v) is 16.4. The van der Waals surface area contributed by atoms with Gasteiger partial charge in [-0.1, -0.05) is 158 Å². The topological polar surface area (TPSA) is 51.8 Å². The van der Waals surface area contributed by atoms with Crippen LogP contribution >= 0.6 is 0 Å². The van der Waals surface area contributed by atoms with Crippen molar-refractivity contribution in [2.45, 2.75) is 0 Å². The fraction of sp³-hybridized carbons (Fsp3) is 0. The normalized spacial score (nSPS) is 11.3. The number of rotatable bonds is 6. The molecule has 2 heterocycles. The van der Waals surface area contributed by atoms with Crippen molar-refractivity contribution in [3.05, 3.63) is 176 Å². The van der Waals surface area contributed by atoms with Crippen LogP contribution < -0.4 is 0 Å². The van der Waals surface area contributed by atoms with Gasteiger partial charge in [0.25, 0.3) is 0 Å². The Bertz CT molecular complexity index is 2520. The van der Waals surface area contributed by atoms with Crippen molar-refractivity contribution in [2.24, 2.45) is 0 Å². The van der Waals surface area contributed by atoms with Gasteiger partial charge in [0.15, 0.2) is 17.5 Å². The summed E-state index contributed by atoms with van der Waals surface area (Å²) in [5.41, 5.74) is 11.3. The van der Waals surface area contributed by atoms with Gasteiger partial charge in [-0.25, -0.2) is 15.0 Å². The van der Waals surface area contributed by atoms with Gasteiger partial charge in [-0.2, -0.15) is 0 Å². The summed E-state index contributed by atoms with van der Waals surface area (Å²) in [6.07, 6.45) is 0. The van der Waals surface area contributed by atoms with Crippen LogP contribution in [-0.2, 0) is 0 Å². The maximum Gasteiger partial charge on any atom is 0.164 e. The van der Waals surface area contributed by atoms with Gasteiger partial charge < -0.3 is 4.42 Å². The summed E-state index contributed by atoms with van der Waals surface area (Å²) in [6.45, 7) is 0. The van der Waals surface area contributed by atoms with Crippen molar-refractivity contribution in [3.8, 4) is 67.5 Å². The molecule has 0 aliphatic rings. The number of para-hydroxylation sites is 1. The Morgan fingerprint density at radius 1 is 0.306 bits per heavy atom. The number of furan rings is 1. The lowest BCUT2D eigenvalue weighted by Gasteiger charge is -2.08. The standard InChI is InChI=1S/C45H29N3O/c1-4-12-30(13-5-1)35-18-10-19-36(28-35)31-22-24-32(25-23-31)38-20-11-21-40-39-27-26-37(29-41(39)49-42(38)40)45-47-43(33-14-6-2-7-15-33)46-44(48-45)34-16-8-3-9-17-34/h1-29H. The van der Waals surface area contributed by atoms with Crippen LogP contribution in [0.2, 0.25) is 0 Å². The van der Waals surface area contributed by atoms with Crippen LogP contribution in [0.25, 0.3) is 89.5 Å². The molecule has 0 N–H and O–H groups in total. The Hall–Kier alpha value is -6.65. The Labute approximate surface area is 284 Å². The molecular formula is C45H29N3O. The predicted molar refractivity (Wildman–Crippen MR) is 200 cm³/mol. The van der Waals surface area contributed by atoms with E-state index in [0.29, 0.717) is 17.5 Å². The third kappa shape index (κ3) is 5.45. The Morgan fingerprint density at radius 3 is 1.39 bits per heavy atom. The van der Waals surface area contributed by atoms with E-state index < -0.39 is 0 Å². The molecule has 7 aromatic carbocycles. The Balaban J connectivity index is 1.09. The van der Waals surface area contributed by atoms with E-state index >= 15 is 0 Å². The van der Waals surface area contributed by atoms with Crippen LogP contribution in [-0.4, -0.2) is 15.0 Å². The molecule has 230 valence electrons. The molecule has 0 saturated carbocycles. The smallest absolute Gasteiger partial charge is 0.164 e. The van der Waals surface area contributed by atoms with E-state index in [9.17, 15) is 0 Å². The van der Waals surface area contributed by atoms with Crippen molar-refractivity contribution >= 4 is 21.9 Å². The number of benzene rings is 7. The van der Waals surface area contributed by atoms with E-state index in [2.05, 4.69) is 103 Å². The summed E-state index contributed by atoms with van der Waals surface area (Å²) in [6, 6.07) is 60.5. The monoisotopic (exact) mass is 627 g/mol. The number of aromatic nitrogens is 3. The molecule has 0 unspecified atom stereocenters. The van der Waals surface area contributed by atoms with Gasteiger partial charge in [-0.05, 0) is 46.0 Å². The van der Waals surface area contributed by atoms with Crippen LogP contribution in [0.5, 0.6) is 0 Å².